The zero-order chi connectivity index (χ0) is 26.6. The first kappa shape index (κ1) is 25.8. The van der Waals surface area contributed by atoms with Gasteiger partial charge < -0.3 is 23.8 Å². The number of morpholine rings is 1. The van der Waals surface area contributed by atoms with E-state index >= 15 is 0 Å². The molecule has 1 amide bonds. The van der Waals surface area contributed by atoms with Crippen molar-refractivity contribution >= 4 is 29.4 Å². The van der Waals surface area contributed by atoms with Crippen LogP contribution in [0.25, 0.3) is 22.0 Å². The van der Waals surface area contributed by atoms with Crippen molar-refractivity contribution in [2.75, 3.05) is 19.8 Å². The number of H-pyrrole nitrogens is 1. The van der Waals surface area contributed by atoms with Crippen molar-refractivity contribution in [1.82, 2.24) is 14.9 Å². The van der Waals surface area contributed by atoms with Crippen molar-refractivity contribution in [2.24, 2.45) is 0 Å². The lowest BCUT2D eigenvalue weighted by atomic mass is 9.78. The van der Waals surface area contributed by atoms with Gasteiger partial charge in [0.2, 0.25) is 0 Å². The van der Waals surface area contributed by atoms with Gasteiger partial charge in [-0.25, -0.2) is 9.78 Å². The molecule has 0 aliphatic carbocycles. The fourth-order valence-corrected chi connectivity index (χ4v) is 4.58. The second kappa shape index (κ2) is 9.15. The van der Waals surface area contributed by atoms with Gasteiger partial charge in [-0.15, -0.1) is 0 Å². The summed E-state index contributed by atoms with van der Waals surface area (Å²) in [7, 11) is -0.394. The molecule has 2 aliphatic rings. The van der Waals surface area contributed by atoms with Gasteiger partial charge in [0.15, 0.2) is 0 Å². The van der Waals surface area contributed by atoms with E-state index in [1.165, 1.54) is 0 Å². The Morgan fingerprint density at radius 3 is 2.46 bits per heavy atom. The molecule has 0 spiro atoms. The first-order valence-electron chi connectivity index (χ1n) is 12.8. The van der Waals surface area contributed by atoms with Crippen LogP contribution < -0.4 is 5.46 Å². The molecule has 196 valence electrons. The van der Waals surface area contributed by atoms with E-state index in [1.807, 2.05) is 20.8 Å². The molecule has 1 unspecified atom stereocenters. The van der Waals surface area contributed by atoms with Crippen molar-refractivity contribution in [3.63, 3.8) is 0 Å². The van der Waals surface area contributed by atoms with Gasteiger partial charge in [0.25, 0.3) is 0 Å². The molecule has 2 aliphatic heterocycles. The minimum absolute atomic E-state index is 0.333. The molecule has 1 aromatic heterocycles. The zero-order valence-electron chi connectivity index (χ0n) is 22.8. The molecule has 0 radical (unpaired) electrons. The third-order valence-electron chi connectivity index (χ3n) is 7.37. The van der Waals surface area contributed by atoms with Gasteiger partial charge in [0.05, 0.1) is 36.3 Å². The van der Waals surface area contributed by atoms with Gasteiger partial charge in [-0.2, -0.15) is 0 Å². The quantitative estimate of drug-likeness (QED) is 0.513. The Hall–Kier alpha value is -2.88. The Kier molecular flexibility index (Phi) is 6.37. The number of amides is 1. The molecular weight excluding hydrogens is 469 g/mol. The van der Waals surface area contributed by atoms with Crippen molar-refractivity contribution in [2.45, 2.75) is 71.3 Å². The maximum absolute atomic E-state index is 12.8. The number of carbonyl (C=O) groups excluding carboxylic acids is 1. The van der Waals surface area contributed by atoms with Gasteiger partial charge in [-0.3, -0.25) is 4.90 Å². The largest absolute Gasteiger partial charge is 0.494 e. The normalized spacial score (nSPS) is 21.4. The lowest BCUT2D eigenvalue weighted by molar-refractivity contribution is -0.0349. The predicted octanol–water partition coefficient (Wildman–Crippen LogP) is 4.84. The van der Waals surface area contributed by atoms with Gasteiger partial charge in [0.1, 0.15) is 17.5 Å². The highest BCUT2D eigenvalue weighted by Crippen LogP contribution is 2.37. The average Bonchev–Trinajstić information content (AvgIpc) is 3.39. The lowest BCUT2D eigenvalue weighted by Gasteiger charge is -2.35. The first-order valence-corrected chi connectivity index (χ1v) is 12.8. The van der Waals surface area contributed by atoms with E-state index in [1.54, 1.807) is 11.1 Å². The molecule has 8 nitrogen and oxygen atoms in total. The monoisotopic (exact) mass is 505 g/mol. The van der Waals surface area contributed by atoms with Crippen LogP contribution in [0.3, 0.4) is 0 Å². The topological polar surface area (TPSA) is 85.9 Å². The third kappa shape index (κ3) is 5.13. The molecule has 9 heteroatoms. The number of rotatable bonds is 3. The minimum atomic E-state index is -0.568. The number of aromatic amines is 1. The Labute approximate surface area is 218 Å². The summed E-state index contributed by atoms with van der Waals surface area (Å²) < 4.78 is 23.7. The van der Waals surface area contributed by atoms with E-state index < -0.39 is 12.7 Å². The molecule has 2 aromatic carbocycles. The van der Waals surface area contributed by atoms with Crippen LogP contribution in [0.15, 0.2) is 42.6 Å². The maximum atomic E-state index is 12.8. The highest BCUT2D eigenvalue weighted by molar-refractivity contribution is 6.62. The van der Waals surface area contributed by atoms with Crippen LogP contribution in [0, 0.1) is 0 Å². The van der Waals surface area contributed by atoms with Crippen LogP contribution >= 0.6 is 0 Å². The molecule has 1 N–H and O–H groups in total. The highest BCUT2D eigenvalue weighted by Gasteiger charge is 2.51. The van der Waals surface area contributed by atoms with E-state index in [9.17, 15) is 4.79 Å². The predicted molar refractivity (Wildman–Crippen MR) is 144 cm³/mol. The Bertz CT molecular complexity index is 1300. The summed E-state index contributed by atoms with van der Waals surface area (Å²) in [6.45, 7) is 15.1. The van der Waals surface area contributed by atoms with Crippen molar-refractivity contribution < 1.29 is 23.6 Å². The summed E-state index contributed by atoms with van der Waals surface area (Å²) >= 11 is 0. The molecule has 0 saturated carbocycles. The number of ether oxygens (including phenoxy) is 2. The highest BCUT2D eigenvalue weighted by atomic mass is 16.7. The lowest BCUT2D eigenvalue weighted by Crippen LogP contribution is -2.46. The van der Waals surface area contributed by atoms with E-state index in [4.69, 9.17) is 18.8 Å². The van der Waals surface area contributed by atoms with Gasteiger partial charge in [-0.05, 0) is 70.8 Å². The minimum Gasteiger partial charge on any atom is -0.444 e. The summed E-state index contributed by atoms with van der Waals surface area (Å²) in [6.07, 6.45) is 1.44. The van der Waals surface area contributed by atoms with Crippen LogP contribution in [0.1, 0.15) is 60.3 Å². The fourth-order valence-electron chi connectivity index (χ4n) is 4.58. The Morgan fingerprint density at radius 1 is 1.08 bits per heavy atom. The molecule has 3 heterocycles. The van der Waals surface area contributed by atoms with Gasteiger partial charge >= 0.3 is 13.2 Å². The third-order valence-corrected chi connectivity index (χ3v) is 7.37. The van der Waals surface area contributed by atoms with Crippen molar-refractivity contribution in [3.8, 4) is 11.3 Å². The SMILES string of the molecule is CC(C)(C)OC(=O)N1CCOCC1c1ncc(-c2ccc3cc(B4OC(C)(C)C(C)(C)O4)ccc3c2)[nH]1. The van der Waals surface area contributed by atoms with Gasteiger partial charge in [0, 0.05) is 12.1 Å². The number of fused-ring (bicyclic) bond motifs is 1. The summed E-state index contributed by atoms with van der Waals surface area (Å²) in [6, 6.07) is 12.2. The number of carbonyl (C=O) groups is 1. The molecule has 37 heavy (non-hydrogen) atoms. The van der Waals surface area contributed by atoms with Crippen LogP contribution in [-0.2, 0) is 18.8 Å². The van der Waals surface area contributed by atoms with E-state index in [-0.39, 0.29) is 23.3 Å². The molecule has 2 saturated heterocycles. The van der Waals surface area contributed by atoms with Crippen molar-refractivity contribution in [1.29, 1.82) is 0 Å². The standard InChI is InChI=1S/C28H36BN3O5/c1-26(2,3)35-25(33)32-12-13-34-17-23(32)24-30-16-22(31-24)20-9-8-19-15-21(11-10-18(19)14-20)29-36-27(4,5)28(6,7)37-29/h8-11,14-16,23H,12-13,17H2,1-7H3,(H,30,31). The molecule has 5 rings (SSSR count). The van der Waals surface area contributed by atoms with Crippen LogP contribution in [0.5, 0.6) is 0 Å². The number of hydrogen-bond acceptors (Lipinski definition) is 6. The maximum Gasteiger partial charge on any atom is 0.494 e. The van der Waals surface area contributed by atoms with Gasteiger partial charge in [-0.1, -0.05) is 30.3 Å². The van der Waals surface area contributed by atoms with Crippen LogP contribution in [0.4, 0.5) is 4.79 Å². The number of benzene rings is 2. The molecular formula is C28H36BN3O5. The number of nitrogens with zero attached hydrogens (tertiary/aromatic N) is 2. The summed E-state index contributed by atoms with van der Waals surface area (Å²) in [5.74, 6) is 0.678. The van der Waals surface area contributed by atoms with E-state index in [2.05, 4.69) is 74.1 Å². The average molecular weight is 505 g/mol. The van der Waals surface area contributed by atoms with Crippen molar-refractivity contribution in [3.05, 3.63) is 48.4 Å². The first-order chi connectivity index (χ1) is 17.3. The smallest absolute Gasteiger partial charge is 0.444 e. The number of aromatic nitrogens is 2. The zero-order valence-corrected chi connectivity index (χ0v) is 22.8. The second-order valence-corrected chi connectivity index (χ2v) is 11.9. The molecule has 2 fully saturated rings. The second-order valence-electron chi connectivity index (χ2n) is 11.9. The number of hydrogen-bond donors (Lipinski definition) is 1. The number of imidazole rings is 1. The Balaban J connectivity index is 1.36. The molecule has 0 bridgehead atoms. The molecule has 3 aromatic rings. The summed E-state index contributed by atoms with van der Waals surface area (Å²) in [4.78, 5) is 22.5. The van der Waals surface area contributed by atoms with E-state index in [0.717, 1.165) is 27.5 Å². The number of nitrogens with one attached hydrogen (secondary N) is 1. The fraction of sp³-hybridized carbons (Fsp3) is 0.500. The molecule has 1 atom stereocenters. The summed E-state index contributed by atoms with van der Waals surface area (Å²) in [5.41, 5.74) is 1.56. The Morgan fingerprint density at radius 2 is 1.76 bits per heavy atom. The van der Waals surface area contributed by atoms with Crippen LogP contribution in [-0.4, -0.2) is 64.6 Å². The van der Waals surface area contributed by atoms with Crippen LogP contribution in [0.2, 0.25) is 0 Å². The summed E-state index contributed by atoms with van der Waals surface area (Å²) in [5, 5.41) is 2.21. The van der Waals surface area contributed by atoms with E-state index in [0.29, 0.717) is 25.6 Å².